The molecule has 4 N–H and O–H groups in total. The molecule has 12 heteroatoms. The Kier molecular flexibility index (Phi) is 40.8. The lowest BCUT2D eigenvalue weighted by Gasteiger charge is -2.20. The number of phosphoric acid groups is 1. The summed E-state index contributed by atoms with van der Waals surface area (Å²) in [5, 5.41) is 8.89. The van der Waals surface area contributed by atoms with E-state index in [1.165, 1.54) is 109 Å². The van der Waals surface area contributed by atoms with E-state index in [9.17, 15) is 23.8 Å². The maximum absolute atomic E-state index is 12.6. The van der Waals surface area contributed by atoms with E-state index in [-0.39, 0.29) is 19.4 Å². The van der Waals surface area contributed by atoms with Crippen molar-refractivity contribution in [2.24, 2.45) is 5.73 Å². The standard InChI is InChI=1S/C48H84NO10P/c1-3-5-7-9-11-13-15-17-19-20-21-22-23-24-26-27-29-31-33-35-37-39-46(50)56-41-44(42-57-60(54,55)58-43-45(49)48(52)53)59-47(51)40-38-36-34-32-30-28-25-18-16-14-12-10-8-6-4-2/h6,8,12,14,18,25,30,32,36,38,44-45H,3-5,7,9-11,13,15-17,19-24,26-29,31,33-35,37,39-43,49H2,1-2H3,(H,52,53)(H,54,55)/b8-6-,14-12-,25-18-,32-30-,38-36-. The van der Waals surface area contributed by atoms with E-state index in [4.69, 9.17) is 24.8 Å². The summed E-state index contributed by atoms with van der Waals surface area (Å²) >= 11 is 0. The minimum absolute atomic E-state index is 0.0713. The third-order valence-corrected chi connectivity index (χ3v) is 10.8. The summed E-state index contributed by atoms with van der Waals surface area (Å²) < 4.78 is 32.6. The summed E-state index contributed by atoms with van der Waals surface area (Å²) in [6, 6.07) is -1.54. The van der Waals surface area contributed by atoms with Gasteiger partial charge < -0.3 is 25.2 Å². The van der Waals surface area contributed by atoms with Crippen molar-refractivity contribution in [3.05, 3.63) is 60.8 Å². The highest BCUT2D eigenvalue weighted by Gasteiger charge is 2.28. The van der Waals surface area contributed by atoms with Crippen LogP contribution in [-0.4, -0.2) is 59.9 Å². The zero-order valence-electron chi connectivity index (χ0n) is 37.5. The average Bonchev–Trinajstić information content (AvgIpc) is 3.22. The van der Waals surface area contributed by atoms with Crippen molar-refractivity contribution in [1.82, 2.24) is 0 Å². The Balaban J connectivity index is 4.35. The van der Waals surface area contributed by atoms with Crippen LogP contribution in [0.2, 0.25) is 0 Å². The minimum Gasteiger partial charge on any atom is -0.480 e. The molecule has 0 spiro atoms. The maximum Gasteiger partial charge on any atom is 0.472 e. The van der Waals surface area contributed by atoms with Gasteiger partial charge in [0.1, 0.15) is 12.6 Å². The first kappa shape index (κ1) is 57.2. The molecule has 0 aromatic carbocycles. The van der Waals surface area contributed by atoms with E-state index < -0.39 is 51.1 Å². The molecule has 0 aromatic heterocycles. The Morgan fingerprint density at radius 3 is 1.33 bits per heavy atom. The van der Waals surface area contributed by atoms with Gasteiger partial charge in [-0.2, -0.15) is 0 Å². The van der Waals surface area contributed by atoms with Gasteiger partial charge >= 0.3 is 25.7 Å². The summed E-state index contributed by atoms with van der Waals surface area (Å²) in [6.07, 6.45) is 50.4. The number of hydrogen-bond donors (Lipinski definition) is 3. The van der Waals surface area contributed by atoms with E-state index in [2.05, 4.69) is 54.8 Å². The van der Waals surface area contributed by atoms with Gasteiger partial charge in [0.2, 0.25) is 0 Å². The fraction of sp³-hybridized carbons (Fsp3) is 0.729. The fourth-order valence-corrected chi connectivity index (χ4v) is 6.98. The molecule has 0 fully saturated rings. The second kappa shape index (κ2) is 42.9. The number of unbranched alkanes of at least 4 members (excludes halogenated alkanes) is 20. The van der Waals surface area contributed by atoms with Crippen LogP contribution < -0.4 is 5.73 Å². The number of esters is 2. The van der Waals surface area contributed by atoms with Crippen molar-refractivity contribution in [3.63, 3.8) is 0 Å². The number of ether oxygens (including phenoxy) is 2. The Labute approximate surface area is 364 Å². The van der Waals surface area contributed by atoms with Crippen LogP contribution >= 0.6 is 7.82 Å². The van der Waals surface area contributed by atoms with Crippen molar-refractivity contribution < 1.29 is 47.5 Å². The molecule has 0 saturated heterocycles. The van der Waals surface area contributed by atoms with Gasteiger partial charge in [0, 0.05) is 6.42 Å². The van der Waals surface area contributed by atoms with Gasteiger partial charge in [0.15, 0.2) is 6.10 Å². The van der Waals surface area contributed by atoms with Crippen LogP contribution in [0.5, 0.6) is 0 Å². The number of aliphatic carboxylic acids is 1. The highest BCUT2D eigenvalue weighted by Crippen LogP contribution is 2.43. The Bertz CT molecular complexity index is 1250. The van der Waals surface area contributed by atoms with Crippen molar-refractivity contribution in [2.45, 2.75) is 206 Å². The molecule has 0 aliphatic rings. The summed E-state index contributed by atoms with van der Waals surface area (Å²) in [4.78, 5) is 45.9. The van der Waals surface area contributed by atoms with E-state index in [1.54, 1.807) is 6.08 Å². The summed E-state index contributed by atoms with van der Waals surface area (Å²) in [5.74, 6) is -2.53. The molecule has 0 aliphatic carbocycles. The lowest BCUT2D eigenvalue weighted by Crippen LogP contribution is -2.34. The van der Waals surface area contributed by atoms with Gasteiger partial charge in [-0.15, -0.1) is 0 Å². The Morgan fingerprint density at radius 1 is 0.533 bits per heavy atom. The minimum atomic E-state index is -4.74. The first-order valence-corrected chi connectivity index (χ1v) is 24.8. The largest absolute Gasteiger partial charge is 0.480 e. The van der Waals surface area contributed by atoms with E-state index in [1.807, 2.05) is 18.2 Å². The zero-order valence-corrected chi connectivity index (χ0v) is 38.4. The molecule has 0 rings (SSSR count). The molecule has 0 bridgehead atoms. The summed E-state index contributed by atoms with van der Waals surface area (Å²) in [6.45, 7) is 2.60. The number of rotatable bonds is 43. The maximum atomic E-state index is 12.6. The lowest BCUT2D eigenvalue weighted by molar-refractivity contribution is -0.160. The third-order valence-electron chi connectivity index (χ3n) is 9.81. The van der Waals surface area contributed by atoms with Crippen molar-refractivity contribution in [2.75, 3.05) is 19.8 Å². The van der Waals surface area contributed by atoms with Crippen molar-refractivity contribution in [1.29, 1.82) is 0 Å². The first-order chi connectivity index (χ1) is 29.1. The molecule has 3 unspecified atom stereocenters. The quantitative estimate of drug-likeness (QED) is 0.0230. The van der Waals surface area contributed by atoms with Crippen LogP contribution in [0.1, 0.15) is 194 Å². The van der Waals surface area contributed by atoms with Gasteiger partial charge in [-0.25, -0.2) is 4.57 Å². The van der Waals surface area contributed by atoms with E-state index in [0.717, 1.165) is 44.9 Å². The molecule has 0 aliphatic heterocycles. The van der Waals surface area contributed by atoms with Crippen LogP contribution in [0.4, 0.5) is 0 Å². The number of carbonyl (C=O) groups excluding carboxylic acids is 2. The van der Waals surface area contributed by atoms with Crippen LogP contribution in [-0.2, 0) is 37.5 Å². The highest BCUT2D eigenvalue weighted by molar-refractivity contribution is 7.47. The Hall–Kier alpha value is -2.82. The molecule has 60 heavy (non-hydrogen) atoms. The molecular formula is C48H84NO10P. The van der Waals surface area contributed by atoms with E-state index in [0.29, 0.717) is 12.8 Å². The molecule has 11 nitrogen and oxygen atoms in total. The lowest BCUT2D eigenvalue weighted by atomic mass is 10.0. The van der Waals surface area contributed by atoms with Gasteiger partial charge in [0.25, 0.3) is 0 Å². The number of phosphoric ester groups is 1. The zero-order chi connectivity index (χ0) is 44.2. The number of carboxylic acids is 1. The van der Waals surface area contributed by atoms with Crippen LogP contribution in [0.3, 0.4) is 0 Å². The second-order valence-corrected chi connectivity index (χ2v) is 17.0. The number of carbonyl (C=O) groups is 3. The molecular weight excluding hydrogens is 781 g/mol. The second-order valence-electron chi connectivity index (χ2n) is 15.5. The monoisotopic (exact) mass is 866 g/mol. The average molecular weight is 866 g/mol. The van der Waals surface area contributed by atoms with Crippen LogP contribution in [0.15, 0.2) is 60.8 Å². The SMILES string of the molecule is CC/C=C\C/C=C\C/C=C\C/C=C\C/C=C\CC(=O)OC(COC(=O)CCCCCCCCCCCCCCCCCCCCCCC)COP(=O)(O)OCC(N)C(=O)O. The third kappa shape index (κ3) is 41.9. The topological polar surface area (TPSA) is 172 Å². The molecule has 0 saturated carbocycles. The fourth-order valence-electron chi connectivity index (χ4n) is 6.20. The predicted molar refractivity (Wildman–Crippen MR) is 245 cm³/mol. The van der Waals surface area contributed by atoms with Gasteiger partial charge in [-0.05, 0) is 38.5 Å². The summed E-state index contributed by atoms with van der Waals surface area (Å²) in [5.41, 5.74) is 5.33. The Morgan fingerprint density at radius 2 is 0.917 bits per heavy atom. The molecule has 0 radical (unpaired) electrons. The van der Waals surface area contributed by atoms with Crippen molar-refractivity contribution >= 4 is 25.7 Å². The van der Waals surface area contributed by atoms with Crippen LogP contribution in [0.25, 0.3) is 0 Å². The number of nitrogens with two attached hydrogens (primary N) is 1. The number of allylic oxidation sites excluding steroid dienone is 9. The molecule has 0 heterocycles. The first-order valence-electron chi connectivity index (χ1n) is 23.3. The van der Waals surface area contributed by atoms with Gasteiger partial charge in [-0.3, -0.25) is 23.4 Å². The van der Waals surface area contributed by atoms with Crippen molar-refractivity contribution in [3.8, 4) is 0 Å². The number of carboxylic acid groups (broad SMARTS) is 1. The predicted octanol–water partition coefficient (Wildman–Crippen LogP) is 12.7. The molecule has 0 aromatic rings. The van der Waals surface area contributed by atoms with Gasteiger partial charge in [0.05, 0.1) is 19.6 Å². The summed E-state index contributed by atoms with van der Waals surface area (Å²) in [7, 11) is -4.74. The van der Waals surface area contributed by atoms with E-state index >= 15 is 0 Å². The van der Waals surface area contributed by atoms with Crippen LogP contribution in [0, 0.1) is 0 Å². The smallest absolute Gasteiger partial charge is 0.472 e. The van der Waals surface area contributed by atoms with Gasteiger partial charge in [-0.1, -0.05) is 203 Å². The molecule has 0 amide bonds. The normalized spacial score (nSPS) is 14.2. The molecule has 346 valence electrons. The number of hydrogen-bond acceptors (Lipinski definition) is 9. The molecule has 3 atom stereocenters. The highest BCUT2D eigenvalue weighted by atomic mass is 31.2.